The average molecular weight is 524 g/mol. The molecule has 0 bridgehead atoms. The summed E-state index contributed by atoms with van der Waals surface area (Å²) < 4.78 is 80.7. The zero-order valence-corrected chi connectivity index (χ0v) is 18.9. The predicted molar refractivity (Wildman–Crippen MR) is 120 cm³/mol. The number of nitrogens with zero attached hydrogens (tertiary/aromatic N) is 6. The molecular formula is C22H18F6N8O. The third-order valence-electron chi connectivity index (χ3n) is 5.84. The summed E-state index contributed by atoms with van der Waals surface area (Å²) in [7, 11) is 0. The number of rotatable bonds is 5. The first-order chi connectivity index (χ1) is 17.6. The Kier molecular flexibility index (Phi) is 6.23. The molecule has 0 radical (unpaired) electrons. The highest BCUT2D eigenvalue weighted by Gasteiger charge is 2.32. The number of benzene rings is 1. The van der Waals surface area contributed by atoms with Crippen LogP contribution >= 0.6 is 0 Å². The van der Waals surface area contributed by atoms with Crippen molar-refractivity contribution >= 4 is 28.3 Å². The largest absolute Gasteiger partial charge is 0.401 e. The molecular weight excluding hydrogens is 506 g/mol. The normalized spacial score (nSPS) is 14.9. The third kappa shape index (κ3) is 5.21. The van der Waals surface area contributed by atoms with Gasteiger partial charge in [-0.2, -0.15) is 13.2 Å². The number of alkyl halides is 3. The van der Waals surface area contributed by atoms with Gasteiger partial charge in [0.15, 0.2) is 29.0 Å². The average Bonchev–Trinajstić information content (AvgIpc) is 3.47. The van der Waals surface area contributed by atoms with Gasteiger partial charge in [-0.1, -0.05) is 5.21 Å². The molecule has 15 heteroatoms. The van der Waals surface area contributed by atoms with Crippen molar-refractivity contribution < 1.29 is 31.1 Å². The van der Waals surface area contributed by atoms with E-state index in [4.69, 9.17) is 0 Å². The van der Waals surface area contributed by atoms with Crippen LogP contribution in [-0.2, 0) is 0 Å². The summed E-state index contributed by atoms with van der Waals surface area (Å²) in [6.45, 7) is -0.438. The number of aromatic amines is 1. The van der Waals surface area contributed by atoms with Gasteiger partial charge in [0.1, 0.15) is 0 Å². The van der Waals surface area contributed by atoms with Crippen LogP contribution in [0, 0.1) is 17.5 Å². The topological polar surface area (TPSA) is 95.0 Å². The molecule has 0 aliphatic carbocycles. The van der Waals surface area contributed by atoms with Gasteiger partial charge in [0.25, 0.3) is 5.91 Å². The van der Waals surface area contributed by atoms with Crippen molar-refractivity contribution in [2.75, 3.05) is 42.9 Å². The fourth-order valence-corrected chi connectivity index (χ4v) is 4.05. The minimum absolute atomic E-state index is 0.00325. The maximum Gasteiger partial charge on any atom is 0.401 e. The van der Waals surface area contributed by atoms with Crippen LogP contribution in [0.3, 0.4) is 0 Å². The first-order valence-electron chi connectivity index (χ1n) is 11.0. The van der Waals surface area contributed by atoms with Gasteiger partial charge < -0.3 is 15.2 Å². The van der Waals surface area contributed by atoms with Crippen molar-refractivity contribution in [2.45, 2.75) is 6.18 Å². The Morgan fingerprint density at radius 2 is 1.76 bits per heavy atom. The lowest BCUT2D eigenvalue weighted by atomic mass is 10.2. The minimum Gasteiger partial charge on any atom is -0.359 e. The van der Waals surface area contributed by atoms with Gasteiger partial charge in [-0.15, -0.1) is 5.10 Å². The van der Waals surface area contributed by atoms with Gasteiger partial charge in [0.2, 0.25) is 0 Å². The van der Waals surface area contributed by atoms with Crippen molar-refractivity contribution in [3.63, 3.8) is 0 Å². The minimum atomic E-state index is -4.30. The molecule has 9 nitrogen and oxygen atoms in total. The summed E-state index contributed by atoms with van der Waals surface area (Å²) in [6.07, 6.45) is -0.398. The molecule has 1 aliphatic rings. The Labute approximate surface area is 204 Å². The second-order valence-electron chi connectivity index (χ2n) is 8.39. The second kappa shape index (κ2) is 9.38. The van der Waals surface area contributed by atoms with E-state index in [0.29, 0.717) is 0 Å². The van der Waals surface area contributed by atoms with Gasteiger partial charge in [0.05, 0.1) is 35.8 Å². The van der Waals surface area contributed by atoms with Crippen molar-refractivity contribution in [1.29, 1.82) is 0 Å². The number of nitrogens with one attached hydrogen (secondary N) is 2. The highest BCUT2D eigenvalue weighted by atomic mass is 19.4. The highest BCUT2D eigenvalue weighted by Crippen LogP contribution is 2.26. The predicted octanol–water partition coefficient (Wildman–Crippen LogP) is 3.50. The zero-order chi connectivity index (χ0) is 26.3. The fourth-order valence-electron chi connectivity index (χ4n) is 4.05. The Balaban J connectivity index is 1.26. The van der Waals surface area contributed by atoms with Crippen molar-refractivity contribution in [3.8, 4) is 5.69 Å². The van der Waals surface area contributed by atoms with E-state index >= 15 is 0 Å². The standard InChI is InChI=1S/C22H18F6N8O/c23-14-6-13-17(7-15(14)24)29-9-18(13)31-21(37)19-10-36(33-32-19)12-5-16(25)20(30-8-12)35-3-1-34(2-4-35)11-22(26,27)28/h5-10,29H,1-4,11H2,(H,31,37). The number of pyridine rings is 1. The summed E-state index contributed by atoms with van der Waals surface area (Å²) in [6, 6.07) is 3.03. The van der Waals surface area contributed by atoms with E-state index < -0.39 is 36.1 Å². The monoisotopic (exact) mass is 524 g/mol. The smallest absolute Gasteiger partial charge is 0.359 e. The maximum absolute atomic E-state index is 14.8. The van der Waals surface area contributed by atoms with Crippen LogP contribution in [0.25, 0.3) is 16.6 Å². The van der Waals surface area contributed by atoms with E-state index in [9.17, 15) is 31.1 Å². The number of hydrogen-bond donors (Lipinski definition) is 2. The highest BCUT2D eigenvalue weighted by molar-refractivity contribution is 6.07. The molecule has 194 valence electrons. The Morgan fingerprint density at radius 3 is 2.46 bits per heavy atom. The van der Waals surface area contributed by atoms with E-state index in [0.717, 1.165) is 22.9 Å². The van der Waals surface area contributed by atoms with Crippen LogP contribution in [0.1, 0.15) is 10.5 Å². The number of anilines is 2. The fraction of sp³-hybridized carbons (Fsp3) is 0.273. The molecule has 1 fully saturated rings. The van der Waals surface area contributed by atoms with Gasteiger partial charge in [-0.25, -0.2) is 22.8 Å². The van der Waals surface area contributed by atoms with Crippen molar-refractivity contribution in [3.05, 3.63) is 59.9 Å². The van der Waals surface area contributed by atoms with E-state index in [1.54, 1.807) is 4.90 Å². The SMILES string of the molecule is O=C(Nc1c[nH]c2cc(F)c(F)cc12)c1cn(-c2cnc(N3CCN(CC(F)(F)F)CC3)c(F)c2)nn1. The molecule has 3 aromatic heterocycles. The molecule has 0 spiro atoms. The molecule has 1 saturated heterocycles. The number of halogens is 6. The lowest BCUT2D eigenvalue weighted by molar-refractivity contribution is -0.146. The number of aromatic nitrogens is 5. The second-order valence-corrected chi connectivity index (χ2v) is 8.39. The van der Waals surface area contributed by atoms with Crippen LogP contribution in [0.4, 0.5) is 37.8 Å². The summed E-state index contributed by atoms with van der Waals surface area (Å²) in [5.41, 5.74) is 0.498. The molecule has 4 aromatic rings. The van der Waals surface area contributed by atoms with E-state index in [-0.39, 0.29) is 60.0 Å². The number of carbonyl (C=O) groups is 1. The van der Waals surface area contributed by atoms with Gasteiger partial charge in [-0.3, -0.25) is 9.69 Å². The van der Waals surface area contributed by atoms with Crippen LogP contribution in [0.15, 0.2) is 36.8 Å². The third-order valence-corrected chi connectivity index (χ3v) is 5.84. The van der Waals surface area contributed by atoms with Gasteiger partial charge in [-0.05, 0) is 6.07 Å². The number of fused-ring (bicyclic) bond motifs is 1. The molecule has 2 N–H and O–H groups in total. The summed E-state index contributed by atoms with van der Waals surface area (Å²) in [5.74, 6) is -3.52. The molecule has 1 aliphatic heterocycles. The molecule has 0 atom stereocenters. The molecule has 1 amide bonds. The zero-order valence-electron chi connectivity index (χ0n) is 18.9. The van der Waals surface area contributed by atoms with Gasteiger partial charge >= 0.3 is 6.18 Å². The number of H-pyrrole nitrogens is 1. The molecule has 37 heavy (non-hydrogen) atoms. The van der Waals surface area contributed by atoms with E-state index in [1.807, 2.05) is 0 Å². The maximum atomic E-state index is 14.8. The first-order valence-corrected chi connectivity index (χ1v) is 11.0. The lowest BCUT2D eigenvalue weighted by Gasteiger charge is -2.35. The summed E-state index contributed by atoms with van der Waals surface area (Å²) in [4.78, 5) is 22.2. The van der Waals surface area contributed by atoms with Crippen molar-refractivity contribution in [1.82, 2.24) is 29.9 Å². The Morgan fingerprint density at radius 1 is 1.03 bits per heavy atom. The quantitative estimate of drug-likeness (QED) is 0.388. The number of amides is 1. The van der Waals surface area contributed by atoms with Crippen molar-refractivity contribution in [2.24, 2.45) is 0 Å². The summed E-state index contributed by atoms with van der Waals surface area (Å²) in [5, 5.41) is 10.3. The molecule has 5 rings (SSSR count). The van der Waals surface area contributed by atoms with Crippen LogP contribution in [0.2, 0.25) is 0 Å². The van der Waals surface area contributed by atoms with Crippen LogP contribution in [-0.4, -0.2) is 74.7 Å². The van der Waals surface area contributed by atoms with Crippen LogP contribution < -0.4 is 10.2 Å². The van der Waals surface area contributed by atoms with E-state index in [1.165, 1.54) is 23.5 Å². The number of carbonyl (C=O) groups excluding carboxylic acids is 1. The first kappa shape index (κ1) is 24.5. The molecule has 4 heterocycles. The summed E-state index contributed by atoms with van der Waals surface area (Å²) >= 11 is 0. The molecule has 1 aromatic carbocycles. The van der Waals surface area contributed by atoms with Gasteiger partial charge in [0, 0.05) is 49.9 Å². The number of hydrogen-bond acceptors (Lipinski definition) is 6. The Bertz CT molecular complexity index is 1460. The van der Waals surface area contributed by atoms with Crippen LogP contribution in [0.5, 0.6) is 0 Å². The molecule has 0 saturated carbocycles. The van der Waals surface area contributed by atoms with E-state index in [2.05, 4.69) is 25.6 Å². The lowest BCUT2D eigenvalue weighted by Crippen LogP contribution is -2.49. The Hall–Kier alpha value is -4.14. The molecule has 0 unspecified atom stereocenters. The number of piperazine rings is 1.